The second kappa shape index (κ2) is 10.6. The molecule has 4 rings (SSSR count). The van der Waals surface area contributed by atoms with E-state index in [2.05, 4.69) is 10.3 Å². The maximum atomic E-state index is 13.0. The molecule has 2 atom stereocenters. The first kappa shape index (κ1) is 22.3. The fraction of sp³-hybridized carbons (Fsp3) is 0.500. The Kier molecular flexibility index (Phi) is 7.40. The van der Waals surface area contributed by atoms with Crippen LogP contribution in [-0.2, 0) is 16.2 Å². The summed E-state index contributed by atoms with van der Waals surface area (Å²) < 4.78 is 5.82. The first-order chi connectivity index (χ1) is 15.6. The van der Waals surface area contributed by atoms with Gasteiger partial charge in [-0.1, -0.05) is 37.5 Å². The van der Waals surface area contributed by atoms with Crippen molar-refractivity contribution in [3.8, 4) is 5.75 Å². The third kappa shape index (κ3) is 5.47. The van der Waals surface area contributed by atoms with Crippen LogP contribution >= 0.6 is 0 Å². The number of amides is 2. The minimum absolute atomic E-state index is 0.0453. The molecule has 0 spiro atoms. The highest BCUT2D eigenvalue weighted by molar-refractivity contribution is 5.89. The topological polar surface area (TPSA) is 71.5 Å². The molecule has 1 aliphatic carbocycles. The molecule has 1 aromatic heterocycles. The van der Waals surface area contributed by atoms with E-state index in [0.717, 1.165) is 55.4 Å². The lowest BCUT2D eigenvalue weighted by molar-refractivity contribution is -0.142. The van der Waals surface area contributed by atoms with E-state index in [9.17, 15) is 9.59 Å². The van der Waals surface area contributed by atoms with E-state index >= 15 is 0 Å². The summed E-state index contributed by atoms with van der Waals surface area (Å²) in [5.74, 6) is 1.02. The summed E-state index contributed by atoms with van der Waals surface area (Å²) in [6.45, 7) is 3.14. The summed E-state index contributed by atoms with van der Waals surface area (Å²) in [5.41, 5.74) is 2.02. The van der Waals surface area contributed by atoms with Gasteiger partial charge in [-0.15, -0.1) is 0 Å². The summed E-state index contributed by atoms with van der Waals surface area (Å²) in [7, 11) is 0. The van der Waals surface area contributed by atoms with Gasteiger partial charge in [0, 0.05) is 30.4 Å². The molecule has 1 N–H and O–H groups in total. The molecule has 32 heavy (non-hydrogen) atoms. The third-order valence-electron chi connectivity index (χ3n) is 6.66. The quantitative estimate of drug-likeness (QED) is 0.699. The number of aromatic nitrogens is 1. The van der Waals surface area contributed by atoms with Crippen LogP contribution in [0.1, 0.15) is 69.0 Å². The minimum atomic E-state index is -0.339. The SMILES string of the molecule is CC(NC(=O)C1CCCN1C(=O)C1CCCCC1)c1ccc(OCc2cccnc2)cc1. The minimum Gasteiger partial charge on any atom is -0.489 e. The molecule has 1 saturated carbocycles. The van der Waals surface area contributed by atoms with Gasteiger partial charge in [0.1, 0.15) is 18.4 Å². The van der Waals surface area contributed by atoms with Crippen LogP contribution in [0.25, 0.3) is 0 Å². The van der Waals surface area contributed by atoms with Crippen molar-refractivity contribution in [1.82, 2.24) is 15.2 Å². The molecule has 2 aromatic rings. The summed E-state index contributed by atoms with van der Waals surface area (Å²) in [4.78, 5) is 32.0. The van der Waals surface area contributed by atoms with E-state index in [-0.39, 0.29) is 29.8 Å². The van der Waals surface area contributed by atoms with Gasteiger partial charge in [0.15, 0.2) is 0 Å². The lowest BCUT2D eigenvalue weighted by Gasteiger charge is -2.30. The van der Waals surface area contributed by atoms with E-state index in [1.54, 1.807) is 12.4 Å². The second-order valence-corrected chi connectivity index (χ2v) is 8.97. The Bertz CT molecular complexity index is 894. The fourth-order valence-corrected chi connectivity index (χ4v) is 4.78. The van der Waals surface area contributed by atoms with E-state index < -0.39 is 0 Å². The zero-order chi connectivity index (χ0) is 22.3. The first-order valence-corrected chi connectivity index (χ1v) is 11.8. The zero-order valence-corrected chi connectivity index (χ0v) is 18.8. The number of rotatable bonds is 7. The standard InChI is InChI=1S/C26H33N3O3/c1-19(21-11-13-23(14-12-21)32-18-20-7-5-15-27-17-20)28-25(30)24-10-6-16-29(24)26(31)22-8-3-2-4-9-22/h5,7,11-15,17,19,22,24H,2-4,6,8-10,16,18H2,1H3,(H,28,30). The lowest BCUT2D eigenvalue weighted by atomic mass is 9.88. The molecular formula is C26H33N3O3. The van der Waals surface area contributed by atoms with E-state index in [4.69, 9.17) is 4.74 Å². The van der Waals surface area contributed by atoms with Crippen molar-refractivity contribution in [2.24, 2.45) is 5.92 Å². The van der Waals surface area contributed by atoms with Gasteiger partial charge in [-0.05, 0) is 56.4 Å². The van der Waals surface area contributed by atoms with Crippen molar-refractivity contribution >= 4 is 11.8 Å². The largest absolute Gasteiger partial charge is 0.489 e. The Hall–Kier alpha value is -2.89. The Balaban J connectivity index is 1.31. The maximum Gasteiger partial charge on any atom is 0.243 e. The number of nitrogens with zero attached hydrogens (tertiary/aromatic N) is 2. The molecule has 1 saturated heterocycles. The summed E-state index contributed by atoms with van der Waals surface area (Å²) in [6.07, 6.45) is 10.6. The summed E-state index contributed by atoms with van der Waals surface area (Å²) in [6, 6.07) is 11.2. The summed E-state index contributed by atoms with van der Waals surface area (Å²) >= 11 is 0. The monoisotopic (exact) mass is 435 g/mol. The number of hydrogen-bond donors (Lipinski definition) is 1. The van der Waals surface area contributed by atoms with E-state index in [1.807, 2.05) is 48.2 Å². The van der Waals surface area contributed by atoms with Crippen LogP contribution in [0.15, 0.2) is 48.8 Å². The van der Waals surface area contributed by atoms with Gasteiger partial charge in [-0.25, -0.2) is 0 Å². The van der Waals surface area contributed by atoms with Crippen molar-refractivity contribution in [3.05, 3.63) is 59.9 Å². The number of pyridine rings is 1. The van der Waals surface area contributed by atoms with Crippen LogP contribution in [0.5, 0.6) is 5.75 Å². The normalized spacial score (nSPS) is 20.0. The summed E-state index contributed by atoms with van der Waals surface area (Å²) in [5, 5.41) is 3.12. The Morgan fingerprint density at radius 3 is 2.59 bits per heavy atom. The van der Waals surface area contributed by atoms with Crippen molar-refractivity contribution in [1.29, 1.82) is 0 Å². The molecule has 1 aliphatic heterocycles. The van der Waals surface area contributed by atoms with Crippen molar-refractivity contribution in [2.45, 2.75) is 70.6 Å². The van der Waals surface area contributed by atoms with Crippen LogP contribution in [-0.4, -0.2) is 34.3 Å². The Morgan fingerprint density at radius 1 is 1.09 bits per heavy atom. The first-order valence-electron chi connectivity index (χ1n) is 11.8. The number of benzene rings is 1. The average molecular weight is 436 g/mol. The molecule has 0 bridgehead atoms. The number of likely N-dealkylation sites (tertiary alicyclic amines) is 1. The predicted octanol–water partition coefficient (Wildman–Crippen LogP) is 4.41. The highest BCUT2D eigenvalue weighted by atomic mass is 16.5. The highest BCUT2D eigenvalue weighted by Crippen LogP contribution is 2.29. The second-order valence-electron chi connectivity index (χ2n) is 8.97. The predicted molar refractivity (Wildman–Crippen MR) is 123 cm³/mol. The lowest BCUT2D eigenvalue weighted by Crippen LogP contribution is -2.48. The third-order valence-corrected chi connectivity index (χ3v) is 6.66. The Morgan fingerprint density at radius 2 is 1.88 bits per heavy atom. The number of carbonyl (C=O) groups excluding carboxylic acids is 2. The highest BCUT2D eigenvalue weighted by Gasteiger charge is 2.37. The van der Waals surface area contributed by atoms with Crippen LogP contribution in [0.3, 0.4) is 0 Å². The van der Waals surface area contributed by atoms with Crippen molar-refractivity contribution in [3.63, 3.8) is 0 Å². The number of ether oxygens (including phenoxy) is 1. The van der Waals surface area contributed by atoms with Crippen LogP contribution in [0.2, 0.25) is 0 Å². The molecule has 2 heterocycles. The number of nitrogens with one attached hydrogen (secondary N) is 1. The van der Waals surface area contributed by atoms with Crippen molar-refractivity contribution < 1.29 is 14.3 Å². The molecular weight excluding hydrogens is 402 g/mol. The molecule has 2 fully saturated rings. The average Bonchev–Trinajstić information content (AvgIpc) is 3.34. The smallest absolute Gasteiger partial charge is 0.243 e. The van der Waals surface area contributed by atoms with E-state index in [1.165, 1.54) is 6.42 Å². The molecule has 0 radical (unpaired) electrons. The fourth-order valence-electron chi connectivity index (χ4n) is 4.78. The van der Waals surface area contributed by atoms with Crippen LogP contribution in [0.4, 0.5) is 0 Å². The van der Waals surface area contributed by atoms with Gasteiger partial charge in [0.05, 0.1) is 6.04 Å². The molecule has 2 unspecified atom stereocenters. The molecule has 2 amide bonds. The zero-order valence-electron chi connectivity index (χ0n) is 18.8. The van der Waals surface area contributed by atoms with Crippen LogP contribution in [0, 0.1) is 5.92 Å². The van der Waals surface area contributed by atoms with Gasteiger partial charge >= 0.3 is 0 Å². The van der Waals surface area contributed by atoms with Crippen molar-refractivity contribution in [2.75, 3.05) is 6.54 Å². The molecule has 6 nitrogen and oxygen atoms in total. The molecule has 6 heteroatoms. The Labute approximate surface area is 190 Å². The van der Waals surface area contributed by atoms with Gasteiger partial charge in [-0.2, -0.15) is 0 Å². The van der Waals surface area contributed by atoms with Gasteiger partial charge in [0.25, 0.3) is 0 Å². The number of hydrogen-bond acceptors (Lipinski definition) is 4. The maximum absolute atomic E-state index is 13.0. The molecule has 2 aliphatic rings. The van der Waals surface area contributed by atoms with E-state index in [0.29, 0.717) is 13.2 Å². The molecule has 1 aromatic carbocycles. The van der Waals surface area contributed by atoms with Gasteiger partial charge in [-0.3, -0.25) is 14.6 Å². The van der Waals surface area contributed by atoms with Gasteiger partial charge < -0.3 is 15.0 Å². The number of carbonyl (C=O) groups is 2. The van der Waals surface area contributed by atoms with Crippen LogP contribution < -0.4 is 10.1 Å². The van der Waals surface area contributed by atoms with Gasteiger partial charge in [0.2, 0.25) is 11.8 Å². The molecule has 170 valence electrons.